The summed E-state index contributed by atoms with van der Waals surface area (Å²) >= 11 is 0. The predicted octanol–water partition coefficient (Wildman–Crippen LogP) is 1.61. The number of carbonyl (C=O) groups excluding carboxylic acids is 2. The van der Waals surface area contributed by atoms with E-state index in [0.717, 1.165) is 60.2 Å². The number of urea groups is 2. The molecule has 4 rings (SSSR count). The van der Waals surface area contributed by atoms with Gasteiger partial charge in [-0.3, -0.25) is 0 Å². The number of nitrogens with zero attached hydrogens (tertiary/aromatic N) is 1. The number of aryl methyl sites for hydroxylation is 2. The molecule has 1 aliphatic heterocycles. The maximum atomic E-state index is 12.5. The van der Waals surface area contributed by atoms with Crippen LogP contribution in [0.4, 0.5) is 15.3 Å². The van der Waals surface area contributed by atoms with E-state index in [2.05, 4.69) is 21.4 Å². The molecule has 1 aromatic rings. The van der Waals surface area contributed by atoms with Gasteiger partial charge in [-0.2, -0.15) is 0 Å². The minimum atomic E-state index is -4.04. The van der Waals surface area contributed by atoms with Gasteiger partial charge in [0.05, 0.1) is 6.54 Å². The second kappa shape index (κ2) is 6.56. The van der Waals surface area contributed by atoms with Gasteiger partial charge in [-0.05, 0) is 60.8 Å². The molecule has 0 radical (unpaired) electrons. The monoisotopic (exact) mass is 390 g/mol. The summed E-state index contributed by atoms with van der Waals surface area (Å²) in [5.41, 5.74) is 5.56. The molecule has 0 aromatic heterocycles. The van der Waals surface area contributed by atoms with E-state index in [1.807, 2.05) is 0 Å². The molecule has 2 aliphatic carbocycles. The number of nitrogens with one attached hydrogen (secondary N) is 3. The molecule has 3 N–H and O–H groups in total. The quantitative estimate of drug-likeness (QED) is 0.729. The average molecular weight is 390 g/mol. The van der Waals surface area contributed by atoms with Crippen molar-refractivity contribution in [2.75, 3.05) is 18.9 Å². The van der Waals surface area contributed by atoms with Gasteiger partial charge >= 0.3 is 12.1 Å². The van der Waals surface area contributed by atoms with Crippen molar-refractivity contribution in [3.8, 4) is 0 Å². The highest BCUT2D eigenvalue weighted by atomic mass is 32.2. The van der Waals surface area contributed by atoms with Gasteiger partial charge in [-0.25, -0.2) is 22.7 Å². The van der Waals surface area contributed by atoms with Gasteiger partial charge < -0.3 is 15.5 Å². The van der Waals surface area contributed by atoms with Crippen LogP contribution < -0.4 is 15.4 Å². The van der Waals surface area contributed by atoms with Crippen molar-refractivity contribution in [2.45, 2.75) is 38.5 Å². The second-order valence-corrected chi connectivity index (χ2v) is 8.89. The summed E-state index contributed by atoms with van der Waals surface area (Å²) in [6.07, 6.45) is 7.09. The summed E-state index contributed by atoms with van der Waals surface area (Å²) in [6, 6.07) is 1.08. The predicted molar refractivity (Wildman–Crippen MR) is 101 cm³/mol. The molecule has 0 bridgehead atoms. The van der Waals surface area contributed by atoms with Gasteiger partial charge in [0, 0.05) is 18.9 Å². The van der Waals surface area contributed by atoms with E-state index in [1.54, 1.807) is 0 Å². The first-order valence-corrected chi connectivity index (χ1v) is 10.5. The lowest BCUT2D eigenvalue weighted by Gasteiger charge is -2.22. The van der Waals surface area contributed by atoms with E-state index in [1.165, 1.54) is 24.4 Å². The summed E-state index contributed by atoms with van der Waals surface area (Å²) in [7, 11) is -2.60. The molecule has 0 fully saturated rings. The van der Waals surface area contributed by atoms with Gasteiger partial charge in [0.25, 0.3) is 10.0 Å². The van der Waals surface area contributed by atoms with Gasteiger partial charge in [-0.15, -0.1) is 0 Å². The van der Waals surface area contributed by atoms with E-state index in [-0.39, 0.29) is 11.4 Å². The zero-order chi connectivity index (χ0) is 19.2. The zero-order valence-corrected chi connectivity index (χ0v) is 15.9. The molecular formula is C18H22N4O4S. The van der Waals surface area contributed by atoms with Gasteiger partial charge in [0.2, 0.25) is 0 Å². The lowest BCUT2D eigenvalue weighted by atomic mass is 9.99. The number of benzene rings is 1. The molecule has 144 valence electrons. The van der Waals surface area contributed by atoms with Crippen LogP contribution in [0.25, 0.3) is 0 Å². The smallest absolute Gasteiger partial charge is 0.333 e. The number of hydrogen-bond donors (Lipinski definition) is 3. The Hall–Kier alpha value is -2.55. The van der Waals surface area contributed by atoms with E-state index in [9.17, 15) is 18.0 Å². The highest BCUT2D eigenvalue weighted by Gasteiger charge is 2.28. The molecule has 1 heterocycles. The molecule has 1 aromatic carbocycles. The minimum Gasteiger partial charge on any atom is -0.333 e. The lowest BCUT2D eigenvalue weighted by molar-refractivity contribution is 0.221. The summed E-state index contributed by atoms with van der Waals surface area (Å²) in [5.74, 6) is 0. The fraction of sp³-hybridized carbons (Fsp3) is 0.444. The summed E-state index contributed by atoms with van der Waals surface area (Å²) < 4.78 is 27.0. The molecule has 3 aliphatic rings. The van der Waals surface area contributed by atoms with Crippen LogP contribution in [0.3, 0.4) is 0 Å². The Balaban J connectivity index is 1.56. The largest absolute Gasteiger partial charge is 0.333 e. The first-order valence-electron chi connectivity index (χ1n) is 9.07. The molecule has 9 heteroatoms. The fourth-order valence-corrected chi connectivity index (χ4v) is 5.05. The van der Waals surface area contributed by atoms with Gasteiger partial charge in [0.1, 0.15) is 4.91 Å². The SMILES string of the molecule is CN1C=C(S(=O)(=O)NC(=O)Nc2c3c(cc4c2CCC4)CCC3)CNC1=O. The van der Waals surface area contributed by atoms with E-state index >= 15 is 0 Å². The molecule has 0 saturated heterocycles. The highest BCUT2D eigenvalue weighted by Crippen LogP contribution is 2.38. The van der Waals surface area contributed by atoms with Crippen LogP contribution in [0.5, 0.6) is 0 Å². The summed E-state index contributed by atoms with van der Waals surface area (Å²) in [5, 5.41) is 5.25. The Kier molecular flexibility index (Phi) is 4.33. The Bertz CT molecular complexity index is 936. The fourth-order valence-electron chi connectivity index (χ4n) is 4.07. The number of fused-ring (bicyclic) bond motifs is 2. The van der Waals surface area contributed by atoms with Crippen LogP contribution in [0, 0.1) is 0 Å². The van der Waals surface area contributed by atoms with Crippen LogP contribution in [0.1, 0.15) is 35.1 Å². The number of carbonyl (C=O) groups is 2. The number of rotatable bonds is 3. The highest BCUT2D eigenvalue weighted by molar-refractivity contribution is 7.94. The summed E-state index contributed by atoms with van der Waals surface area (Å²) in [4.78, 5) is 25.0. The van der Waals surface area contributed by atoms with Crippen molar-refractivity contribution in [3.05, 3.63) is 39.4 Å². The Labute approximate surface area is 158 Å². The zero-order valence-electron chi connectivity index (χ0n) is 15.1. The molecule has 0 saturated carbocycles. The van der Waals surface area contributed by atoms with Crippen molar-refractivity contribution in [2.24, 2.45) is 0 Å². The van der Waals surface area contributed by atoms with Crippen LogP contribution in [0.2, 0.25) is 0 Å². The van der Waals surface area contributed by atoms with Crippen molar-refractivity contribution in [1.29, 1.82) is 0 Å². The molecule has 27 heavy (non-hydrogen) atoms. The Morgan fingerprint density at radius 1 is 1.11 bits per heavy atom. The van der Waals surface area contributed by atoms with Crippen LogP contribution in [-0.4, -0.2) is 39.0 Å². The van der Waals surface area contributed by atoms with Gasteiger partial charge in [-0.1, -0.05) is 6.07 Å². The Morgan fingerprint density at radius 2 is 1.74 bits per heavy atom. The first kappa shape index (κ1) is 17.8. The van der Waals surface area contributed by atoms with Crippen LogP contribution in [-0.2, 0) is 35.7 Å². The molecule has 8 nitrogen and oxygen atoms in total. The Morgan fingerprint density at radius 3 is 2.33 bits per heavy atom. The van der Waals surface area contributed by atoms with Crippen LogP contribution >= 0.6 is 0 Å². The topological polar surface area (TPSA) is 108 Å². The van der Waals surface area contributed by atoms with E-state index in [4.69, 9.17) is 0 Å². The normalized spacial score (nSPS) is 18.5. The third-order valence-corrected chi connectivity index (χ3v) is 6.75. The van der Waals surface area contributed by atoms with Crippen LogP contribution in [0.15, 0.2) is 17.2 Å². The maximum Gasteiger partial charge on any atom is 0.333 e. The third-order valence-electron chi connectivity index (χ3n) is 5.36. The number of hydrogen-bond acceptors (Lipinski definition) is 4. The summed E-state index contributed by atoms with van der Waals surface area (Å²) in [6.45, 7) is -0.151. The molecule has 0 unspecified atom stereocenters. The lowest BCUT2D eigenvalue weighted by Crippen LogP contribution is -2.44. The number of anilines is 1. The van der Waals surface area contributed by atoms with E-state index < -0.39 is 22.1 Å². The second-order valence-electron chi connectivity index (χ2n) is 7.16. The number of amides is 4. The standard InChI is InChI=1S/C18H22N4O4S/c1-22-10-13(9-19-18(22)24)27(25,26)21-17(23)20-16-14-6-2-4-11(14)8-12-5-3-7-15(12)16/h8,10H,2-7,9H2,1H3,(H,19,24)(H2,20,21,23). The average Bonchev–Trinajstić information content (AvgIpc) is 3.25. The van der Waals surface area contributed by atoms with Gasteiger partial charge in [0.15, 0.2) is 0 Å². The van der Waals surface area contributed by atoms with Crippen molar-refractivity contribution in [1.82, 2.24) is 14.9 Å². The van der Waals surface area contributed by atoms with Crippen molar-refractivity contribution in [3.63, 3.8) is 0 Å². The molecule has 0 atom stereocenters. The first-order chi connectivity index (χ1) is 12.8. The van der Waals surface area contributed by atoms with E-state index in [0.29, 0.717) is 0 Å². The van der Waals surface area contributed by atoms with Crippen molar-refractivity contribution >= 4 is 27.8 Å². The maximum absolute atomic E-state index is 12.5. The van der Waals surface area contributed by atoms with Crippen molar-refractivity contribution < 1.29 is 18.0 Å². The molecule has 4 amide bonds. The molecular weight excluding hydrogens is 368 g/mol. The minimum absolute atomic E-state index is 0.0664. The number of sulfonamides is 1. The molecule has 0 spiro atoms. The third kappa shape index (κ3) is 3.27.